The molecular formula is C56H64N4S2. The molecule has 320 valence electrons. The third-order valence-electron chi connectivity index (χ3n) is 11.4. The monoisotopic (exact) mass is 856 g/mol. The number of nitrogens with two attached hydrogens (primary N) is 1. The van der Waals surface area contributed by atoms with Crippen molar-refractivity contribution in [2.75, 3.05) is 21.7 Å². The average Bonchev–Trinajstić information content (AvgIpc) is 3.33. The van der Waals surface area contributed by atoms with E-state index in [2.05, 4.69) is 192 Å². The second-order valence-corrected chi connectivity index (χ2v) is 17.4. The number of rotatable bonds is 9. The molecule has 5 N–H and O–H groups in total. The van der Waals surface area contributed by atoms with Gasteiger partial charge in [0.15, 0.2) is 0 Å². The van der Waals surface area contributed by atoms with Crippen LogP contribution in [-0.4, -0.2) is 0 Å². The van der Waals surface area contributed by atoms with Crippen LogP contribution in [0.1, 0.15) is 87.4 Å². The summed E-state index contributed by atoms with van der Waals surface area (Å²) in [6, 6.07) is 51.2. The van der Waals surface area contributed by atoms with Gasteiger partial charge in [-0.05, 0) is 126 Å². The van der Waals surface area contributed by atoms with Gasteiger partial charge in [-0.2, -0.15) is 0 Å². The number of nitrogen functional groups attached to an aromatic ring is 1. The lowest BCUT2D eigenvalue weighted by Crippen LogP contribution is -2.05. The fourth-order valence-corrected chi connectivity index (χ4v) is 9.98. The number of nitrogens with one attached hydrogen (secondary N) is 3. The smallest absolute Gasteiger partial charge is 0.0558 e. The van der Waals surface area contributed by atoms with Crippen molar-refractivity contribution < 1.29 is 0 Å². The molecule has 6 heteroatoms. The van der Waals surface area contributed by atoms with E-state index in [0.29, 0.717) is 0 Å². The van der Waals surface area contributed by atoms with Crippen molar-refractivity contribution in [1.82, 2.24) is 0 Å². The molecule has 0 aliphatic carbocycles. The Morgan fingerprint density at radius 3 is 0.903 bits per heavy atom. The molecule has 0 bridgehead atoms. The van der Waals surface area contributed by atoms with Gasteiger partial charge in [0.2, 0.25) is 0 Å². The molecule has 0 radical (unpaired) electrons. The van der Waals surface area contributed by atoms with Crippen LogP contribution in [0.4, 0.5) is 39.8 Å². The molecule has 0 saturated heterocycles. The maximum absolute atomic E-state index is 5.63. The molecule has 0 aromatic heterocycles. The van der Waals surface area contributed by atoms with Gasteiger partial charge < -0.3 is 21.7 Å². The SMILES string of the molecule is CCc1cccc2c1Nc1c(CC)cccc1S2.CCc1cccc2c1Nc1c(CC)cccc1S2.CCc1ccccc1N.CCc1ccccc1Nc1ccccc1CC. The maximum atomic E-state index is 5.63. The zero-order valence-corrected chi connectivity index (χ0v) is 39.3. The van der Waals surface area contributed by atoms with Gasteiger partial charge in [0.25, 0.3) is 0 Å². The summed E-state index contributed by atoms with van der Waals surface area (Å²) in [5.41, 5.74) is 23.7. The van der Waals surface area contributed by atoms with Gasteiger partial charge in [-0.1, -0.05) is 175 Å². The largest absolute Gasteiger partial charge is 0.399 e. The van der Waals surface area contributed by atoms with E-state index < -0.39 is 0 Å². The normalized spacial score (nSPS) is 11.5. The minimum Gasteiger partial charge on any atom is -0.399 e. The van der Waals surface area contributed by atoms with Gasteiger partial charge in [0.1, 0.15) is 0 Å². The number of benzene rings is 7. The highest BCUT2D eigenvalue weighted by molar-refractivity contribution is 8.00. The second-order valence-electron chi connectivity index (χ2n) is 15.2. The Balaban J connectivity index is 0.000000142. The molecule has 0 atom stereocenters. The number of para-hydroxylation sites is 7. The Hall–Kier alpha value is -5.56. The molecule has 2 aliphatic heterocycles. The van der Waals surface area contributed by atoms with Crippen molar-refractivity contribution in [2.24, 2.45) is 0 Å². The predicted molar refractivity (Wildman–Crippen MR) is 273 cm³/mol. The van der Waals surface area contributed by atoms with Gasteiger partial charge >= 0.3 is 0 Å². The van der Waals surface area contributed by atoms with Crippen LogP contribution in [0.15, 0.2) is 165 Å². The highest BCUT2D eigenvalue weighted by atomic mass is 32.2. The lowest BCUT2D eigenvalue weighted by atomic mass is 10.1. The summed E-state index contributed by atoms with van der Waals surface area (Å²) >= 11 is 3.76. The first kappa shape index (κ1) is 46.0. The van der Waals surface area contributed by atoms with Crippen molar-refractivity contribution in [1.29, 1.82) is 0 Å². The molecule has 0 saturated carbocycles. The fourth-order valence-electron chi connectivity index (χ4n) is 7.78. The number of fused-ring (bicyclic) bond motifs is 4. The number of aryl methyl sites for hydroxylation is 7. The van der Waals surface area contributed by atoms with Crippen molar-refractivity contribution in [3.63, 3.8) is 0 Å². The van der Waals surface area contributed by atoms with Gasteiger partial charge in [0.05, 0.1) is 22.7 Å². The third-order valence-corrected chi connectivity index (χ3v) is 13.7. The summed E-state index contributed by atoms with van der Waals surface area (Å²) in [4.78, 5) is 5.37. The van der Waals surface area contributed by atoms with Crippen LogP contribution >= 0.6 is 23.5 Å². The van der Waals surface area contributed by atoms with E-state index in [4.69, 9.17) is 5.73 Å². The second kappa shape index (κ2) is 23.0. The maximum Gasteiger partial charge on any atom is 0.0558 e. The third kappa shape index (κ3) is 11.3. The lowest BCUT2D eigenvalue weighted by molar-refractivity contribution is 1.09. The van der Waals surface area contributed by atoms with E-state index in [1.54, 1.807) is 0 Å². The summed E-state index contributed by atoms with van der Waals surface area (Å²) in [7, 11) is 0. The molecule has 2 aliphatic rings. The van der Waals surface area contributed by atoms with Crippen LogP contribution in [-0.2, 0) is 44.9 Å². The summed E-state index contributed by atoms with van der Waals surface area (Å²) < 4.78 is 0. The molecular weight excluding hydrogens is 793 g/mol. The van der Waals surface area contributed by atoms with E-state index >= 15 is 0 Å². The molecule has 4 nitrogen and oxygen atoms in total. The highest BCUT2D eigenvalue weighted by Gasteiger charge is 2.20. The molecule has 0 fully saturated rings. The average molecular weight is 857 g/mol. The zero-order chi connectivity index (χ0) is 43.8. The number of hydrogen-bond acceptors (Lipinski definition) is 6. The Kier molecular flexibility index (Phi) is 17.1. The van der Waals surface area contributed by atoms with E-state index in [0.717, 1.165) is 50.6 Å². The summed E-state index contributed by atoms with van der Waals surface area (Å²) in [6.45, 7) is 15.3. The molecule has 7 aromatic carbocycles. The molecule has 2 heterocycles. The Bertz CT molecular complexity index is 2290. The molecule has 62 heavy (non-hydrogen) atoms. The quantitative estimate of drug-likeness (QED) is 0.109. The summed E-state index contributed by atoms with van der Waals surface area (Å²) in [5.74, 6) is 0. The van der Waals surface area contributed by atoms with Crippen molar-refractivity contribution in [3.05, 3.63) is 185 Å². The number of hydrogen-bond donors (Lipinski definition) is 4. The fraction of sp³-hybridized carbons (Fsp3) is 0.250. The lowest BCUT2D eigenvalue weighted by Gasteiger charge is -2.25. The molecule has 0 amide bonds. The van der Waals surface area contributed by atoms with Crippen molar-refractivity contribution >= 4 is 63.3 Å². The van der Waals surface area contributed by atoms with Crippen LogP contribution in [0.3, 0.4) is 0 Å². The Labute approximate surface area is 380 Å². The standard InChI is InChI=1S/2C16H17NS.C16H19N.C8H11N/c2*1-3-11-7-5-9-13-15(11)17-16-12(4-2)8-6-10-14(16)18-13;1-3-13-9-5-7-11-15(13)17-16-12-8-6-10-14(16)4-2;1-2-7-5-3-4-6-8(7)9/h2*5-10,17H,3-4H2,1-2H3;5-12,17H,3-4H2,1-2H3;3-6H,2,9H2,1H3. The van der Waals surface area contributed by atoms with Gasteiger partial charge in [0, 0.05) is 36.6 Å². The minimum absolute atomic E-state index is 0.903. The van der Waals surface area contributed by atoms with E-state index in [1.165, 1.54) is 92.7 Å². The topological polar surface area (TPSA) is 62.1 Å². The minimum atomic E-state index is 0.903. The molecule has 0 spiro atoms. The number of anilines is 7. The van der Waals surface area contributed by atoms with Crippen LogP contribution in [0.5, 0.6) is 0 Å². The molecule has 9 rings (SSSR count). The predicted octanol–water partition coefficient (Wildman–Crippen LogP) is 16.4. The Morgan fingerprint density at radius 2 is 0.613 bits per heavy atom. The van der Waals surface area contributed by atoms with Crippen LogP contribution in [0.2, 0.25) is 0 Å². The van der Waals surface area contributed by atoms with Crippen LogP contribution in [0, 0.1) is 0 Å². The highest BCUT2D eigenvalue weighted by Crippen LogP contribution is 2.48. The summed E-state index contributed by atoms with van der Waals surface area (Å²) in [5, 5.41) is 10.9. The van der Waals surface area contributed by atoms with Gasteiger partial charge in [-0.15, -0.1) is 0 Å². The van der Waals surface area contributed by atoms with Crippen molar-refractivity contribution in [2.45, 2.75) is 113 Å². The first-order chi connectivity index (χ1) is 30.3. The van der Waals surface area contributed by atoms with Crippen LogP contribution in [0.25, 0.3) is 0 Å². The van der Waals surface area contributed by atoms with Crippen molar-refractivity contribution in [3.8, 4) is 0 Å². The van der Waals surface area contributed by atoms with Gasteiger partial charge in [-0.25, -0.2) is 0 Å². The molecule has 7 aromatic rings. The van der Waals surface area contributed by atoms with E-state index in [-0.39, 0.29) is 0 Å². The Morgan fingerprint density at radius 1 is 0.339 bits per heavy atom. The van der Waals surface area contributed by atoms with E-state index in [1.807, 2.05) is 41.7 Å². The molecule has 0 unspecified atom stereocenters. The van der Waals surface area contributed by atoms with E-state index in [9.17, 15) is 0 Å². The van der Waals surface area contributed by atoms with Gasteiger partial charge in [-0.3, -0.25) is 0 Å². The first-order valence-corrected chi connectivity index (χ1v) is 24.1. The first-order valence-electron chi connectivity index (χ1n) is 22.5. The van der Waals surface area contributed by atoms with Crippen LogP contribution < -0.4 is 21.7 Å². The summed E-state index contributed by atoms with van der Waals surface area (Å²) in [6.07, 6.45) is 7.41. The zero-order valence-electron chi connectivity index (χ0n) is 37.7.